The lowest BCUT2D eigenvalue weighted by Gasteiger charge is -2.62. The monoisotopic (exact) mass is 420 g/mol. The standard InChI is InChI=1S/C26H46NOS/c1-17(2)29-16-18(3)20-9-10-21-19-8-11-23-26(5,15-13-24(28)27(23,6)7)22(19)12-14-25(20,21)4/h17-23H,8-16H2,1-7H3/q+1/t18?,19-,20+,21-,22-,23+,25+,26+/m0/s1. The van der Waals surface area contributed by atoms with Crippen LogP contribution in [-0.2, 0) is 4.79 Å². The number of nitrogens with zero attached hydrogens (tertiary/aromatic N) is 1. The van der Waals surface area contributed by atoms with Crippen LogP contribution < -0.4 is 0 Å². The number of likely N-dealkylation sites (tertiary alicyclic amines) is 1. The predicted octanol–water partition coefficient (Wildman–Crippen LogP) is 6.39. The summed E-state index contributed by atoms with van der Waals surface area (Å²) < 4.78 is 0.647. The van der Waals surface area contributed by atoms with Crippen molar-refractivity contribution >= 4 is 17.7 Å². The molecule has 4 aliphatic rings. The van der Waals surface area contributed by atoms with Gasteiger partial charge in [-0.15, -0.1) is 0 Å². The van der Waals surface area contributed by atoms with Gasteiger partial charge in [0, 0.05) is 11.8 Å². The summed E-state index contributed by atoms with van der Waals surface area (Å²) in [6, 6.07) is 0.549. The second-order valence-electron chi connectivity index (χ2n) is 12.5. The van der Waals surface area contributed by atoms with Crippen molar-refractivity contribution in [2.75, 3.05) is 19.8 Å². The van der Waals surface area contributed by atoms with Crippen LogP contribution in [-0.4, -0.2) is 41.5 Å². The van der Waals surface area contributed by atoms with Crippen molar-refractivity contribution < 1.29 is 9.28 Å². The van der Waals surface area contributed by atoms with Crippen molar-refractivity contribution in [3.63, 3.8) is 0 Å². The number of piperidine rings is 1. The Morgan fingerprint density at radius 1 is 0.966 bits per heavy atom. The molecule has 2 nitrogen and oxygen atoms in total. The molecule has 8 atom stereocenters. The number of hydrogen-bond acceptors (Lipinski definition) is 2. The van der Waals surface area contributed by atoms with Crippen LogP contribution in [0.2, 0.25) is 0 Å². The molecule has 3 saturated carbocycles. The van der Waals surface area contributed by atoms with Gasteiger partial charge in [-0.1, -0.05) is 34.6 Å². The van der Waals surface area contributed by atoms with Gasteiger partial charge in [-0.25, -0.2) is 4.79 Å². The second-order valence-corrected chi connectivity index (χ2v) is 14.1. The number of quaternary nitrogens is 1. The fourth-order valence-electron chi connectivity index (χ4n) is 9.12. The molecule has 1 unspecified atom stereocenters. The van der Waals surface area contributed by atoms with Gasteiger partial charge in [0.2, 0.25) is 0 Å². The average molecular weight is 421 g/mol. The summed E-state index contributed by atoms with van der Waals surface area (Å²) in [6.45, 7) is 12.5. The molecule has 0 radical (unpaired) electrons. The largest absolute Gasteiger partial charge is 0.313 e. The number of hydrogen-bond donors (Lipinski definition) is 0. The molecule has 0 aromatic rings. The quantitative estimate of drug-likeness (QED) is 0.490. The first-order valence-electron chi connectivity index (χ1n) is 12.5. The number of thioether (sulfide) groups is 1. The van der Waals surface area contributed by atoms with Gasteiger partial charge in [0.25, 0.3) is 0 Å². The van der Waals surface area contributed by atoms with E-state index in [2.05, 4.69) is 60.5 Å². The normalized spacial score (nSPS) is 47.4. The van der Waals surface area contributed by atoms with E-state index < -0.39 is 0 Å². The summed E-state index contributed by atoms with van der Waals surface area (Å²) in [6.07, 6.45) is 10.4. The van der Waals surface area contributed by atoms with Crippen LogP contribution in [0, 0.1) is 40.4 Å². The number of rotatable bonds is 4. The second kappa shape index (κ2) is 7.54. The first-order chi connectivity index (χ1) is 13.5. The van der Waals surface area contributed by atoms with Crippen molar-refractivity contribution in [1.82, 2.24) is 0 Å². The molecule has 1 saturated heterocycles. The van der Waals surface area contributed by atoms with E-state index in [0.717, 1.165) is 47.7 Å². The van der Waals surface area contributed by atoms with E-state index in [1.165, 1.54) is 44.3 Å². The number of amides is 1. The Balaban J connectivity index is 1.55. The van der Waals surface area contributed by atoms with E-state index in [1.807, 2.05) is 0 Å². The minimum absolute atomic E-state index is 0.374. The van der Waals surface area contributed by atoms with Gasteiger partial charge >= 0.3 is 5.91 Å². The van der Waals surface area contributed by atoms with Crippen LogP contribution >= 0.6 is 11.8 Å². The lowest BCUT2D eigenvalue weighted by molar-refractivity contribution is -0.857. The number of carbonyl (C=O) groups excluding carboxylic acids is 1. The van der Waals surface area contributed by atoms with E-state index in [0.29, 0.717) is 27.3 Å². The molecule has 1 heterocycles. The molecule has 0 bridgehead atoms. The molecule has 1 amide bonds. The molecule has 4 rings (SSSR count). The Morgan fingerprint density at radius 2 is 1.66 bits per heavy atom. The van der Waals surface area contributed by atoms with Crippen LogP contribution in [0.5, 0.6) is 0 Å². The van der Waals surface area contributed by atoms with Gasteiger partial charge in [-0.3, -0.25) is 4.48 Å². The Hall–Kier alpha value is -0.0200. The molecule has 1 aliphatic heterocycles. The SMILES string of the molecule is CC(C)SCC(C)[C@H]1CC[C@H]2[C@@H]3CC[C@@H]4[C@](C)(CCC(=O)[N+]4(C)C)[C@H]3CC[C@]12C. The van der Waals surface area contributed by atoms with Crippen molar-refractivity contribution in [2.45, 2.75) is 97.3 Å². The van der Waals surface area contributed by atoms with Gasteiger partial charge in [-0.05, 0) is 84.5 Å². The maximum atomic E-state index is 12.7. The lowest BCUT2D eigenvalue weighted by Crippen LogP contribution is -2.68. The molecule has 166 valence electrons. The van der Waals surface area contributed by atoms with Crippen molar-refractivity contribution in [3.05, 3.63) is 0 Å². The molecular formula is C26H46NOS+. The maximum absolute atomic E-state index is 12.7. The Labute approximate surface area is 184 Å². The van der Waals surface area contributed by atoms with Gasteiger partial charge in [-0.2, -0.15) is 11.8 Å². The van der Waals surface area contributed by atoms with E-state index in [9.17, 15) is 4.79 Å². The van der Waals surface area contributed by atoms with Gasteiger partial charge < -0.3 is 0 Å². The summed E-state index contributed by atoms with van der Waals surface area (Å²) >= 11 is 2.17. The first kappa shape index (κ1) is 22.2. The maximum Gasteiger partial charge on any atom is 0.313 e. The molecule has 4 fully saturated rings. The zero-order chi connectivity index (χ0) is 21.2. The fraction of sp³-hybridized carbons (Fsp3) is 0.962. The third kappa shape index (κ3) is 3.36. The van der Waals surface area contributed by atoms with Crippen LogP contribution in [0.3, 0.4) is 0 Å². The van der Waals surface area contributed by atoms with Gasteiger partial charge in [0.05, 0.1) is 20.5 Å². The van der Waals surface area contributed by atoms with Crippen molar-refractivity contribution in [1.29, 1.82) is 0 Å². The van der Waals surface area contributed by atoms with Crippen LogP contribution in [0.1, 0.15) is 86.0 Å². The van der Waals surface area contributed by atoms with Crippen molar-refractivity contribution in [2.24, 2.45) is 40.4 Å². The predicted molar refractivity (Wildman–Crippen MR) is 125 cm³/mol. The summed E-state index contributed by atoms with van der Waals surface area (Å²) in [7, 11) is 4.41. The fourth-order valence-corrected chi connectivity index (χ4v) is 10.0. The molecule has 29 heavy (non-hydrogen) atoms. The molecular weight excluding hydrogens is 374 g/mol. The first-order valence-corrected chi connectivity index (χ1v) is 13.6. The summed E-state index contributed by atoms with van der Waals surface area (Å²) in [4.78, 5) is 12.7. The Morgan fingerprint density at radius 3 is 2.34 bits per heavy atom. The number of carbonyl (C=O) groups is 1. The zero-order valence-electron chi connectivity index (χ0n) is 20.2. The van der Waals surface area contributed by atoms with Gasteiger partial charge in [0.15, 0.2) is 0 Å². The smallest absolute Gasteiger partial charge is 0.263 e. The highest BCUT2D eigenvalue weighted by atomic mass is 32.2. The van der Waals surface area contributed by atoms with Crippen LogP contribution in [0.25, 0.3) is 0 Å². The molecule has 0 N–H and O–H groups in total. The highest BCUT2D eigenvalue weighted by Crippen LogP contribution is 2.67. The number of fused-ring (bicyclic) bond motifs is 5. The Bertz CT molecular complexity index is 645. The van der Waals surface area contributed by atoms with Crippen molar-refractivity contribution in [3.8, 4) is 0 Å². The van der Waals surface area contributed by atoms with Crippen LogP contribution in [0.15, 0.2) is 0 Å². The van der Waals surface area contributed by atoms with Crippen LogP contribution in [0.4, 0.5) is 0 Å². The van der Waals surface area contributed by atoms with Gasteiger partial charge in [0.1, 0.15) is 6.04 Å². The lowest BCUT2D eigenvalue weighted by atomic mass is 9.46. The molecule has 0 spiro atoms. The molecule has 3 heteroatoms. The molecule has 0 aromatic heterocycles. The Kier molecular flexibility index (Phi) is 5.77. The van der Waals surface area contributed by atoms with E-state index in [4.69, 9.17) is 0 Å². The minimum Gasteiger partial charge on any atom is -0.263 e. The average Bonchev–Trinajstić information content (AvgIpc) is 3.00. The van der Waals surface area contributed by atoms with E-state index in [1.54, 1.807) is 0 Å². The van der Waals surface area contributed by atoms with E-state index in [-0.39, 0.29) is 0 Å². The third-order valence-corrected chi connectivity index (χ3v) is 12.0. The topological polar surface area (TPSA) is 17.1 Å². The minimum atomic E-state index is 0.374. The van der Waals surface area contributed by atoms with E-state index >= 15 is 0 Å². The summed E-state index contributed by atoms with van der Waals surface area (Å²) in [5.74, 6) is 6.29. The summed E-state index contributed by atoms with van der Waals surface area (Å²) in [5, 5.41) is 0.754. The zero-order valence-corrected chi connectivity index (χ0v) is 21.0. The summed E-state index contributed by atoms with van der Waals surface area (Å²) in [5.41, 5.74) is 0.940. The highest BCUT2D eigenvalue weighted by Gasteiger charge is 2.64. The highest BCUT2D eigenvalue weighted by molar-refractivity contribution is 7.99. The molecule has 0 aromatic carbocycles. The molecule has 3 aliphatic carbocycles. The third-order valence-electron chi connectivity index (χ3n) is 10.6.